The van der Waals surface area contributed by atoms with E-state index in [1.165, 1.54) is 0 Å². The number of benzene rings is 2. The van der Waals surface area contributed by atoms with Crippen molar-refractivity contribution in [3.05, 3.63) is 54.5 Å². The van der Waals surface area contributed by atoms with Gasteiger partial charge in [-0.3, -0.25) is 0 Å². The molecule has 44 heavy (non-hydrogen) atoms. The van der Waals surface area contributed by atoms with Crippen LogP contribution in [0.15, 0.2) is 48.8 Å². The van der Waals surface area contributed by atoms with Gasteiger partial charge in [-0.05, 0) is 68.8 Å². The molecule has 1 N–H and O–H groups in total. The highest BCUT2D eigenvalue weighted by Crippen LogP contribution is 2.32. The first-order chi connectivity index (χ1) is 21.6. The Morgan fingerprint density at radius 2 is 1.64 bits per heavy atom. The van der Waals surface area contributed by atoms with Crippen LogP contribution in [-0.2, 0) is 4.74 Å². The van der Waals surface area contributed by atoms with Crippen molar-refractivity contribution in [1.82, 2.24) is 19.8 Å². The van der Waals surface area contributed by atoms with Crippen molar-refractivity contribution in [2.75, 3.05) is 75.9 Å². The zero-order valence-corrected chi connectivity index (χ0v) is 27.8. The van der Waals surface area contributed by atoms with Gasteiger partial charge in [0.25, 0.3) is 0 Å². The van der Waals surface area contributed by atoms with E-state index in [0.29, 0.717) is 25.6 Å². The minimum atomic E-state index is -0.0482. The van der Waals surface area contributed by atoms with E-state index in [9.17, 15) is 4.79 Å². The average molecular weight is 607 g/mol. The van der Waals surface area contributed by atoms with Crippen LogP contribution >= 0.6 is 0 Å². The second-order valence-electron chi connectivity index (χ2n) is 10.5. The number of nitrogens with zero attached hydrogens (tertiary/aromatic N) is 5. The van der Waals surface area contributed by atoms with Crippen LogP contribution in [0.2, 0.25) is 0 Å². The quantitative estimate of drug-likeness (QED) is 0.248. The largest absolute Gasteiger partial charge is 0.493 e. The molecule has 0 saturated carbocycles. The number of nitrogens with one attached hydrogen (secondary N) is 1. The van der Waals surface area contributed by atoms with Crippen LogP contribution < -0.4 is 15.0 Å². The number of fused-ring (bicyclic) bond motifs is 1. The van der Waals surface area contributed by atoms with Crippen molar-refractivity contribution < 1.29 is 14.3 Å². The SMILES string of the molecule is CC.CC.CCN(CC)CCCOc1ccc2c(C3CCN(C(=O)Nc4ccc(N5CCOCC5)cc4)CC3)ncnc2c1. The topological polar surface area (TPSA) is 83.1 Å². The highest BCUT2D eigenvalue weighted by molar-refractivity contribution is 5.89. The molecule has 2 amide bonds. The van der Waals surface area contributed by atoms with E-state index in [1.54, 1.807) is 6.33 Å². The zero-order chi connectivity index (χ0) is 31.7. The van der Waals surface area contributed by atoms with E-state index < -0.39 is 0 Å². The summed E-state index contributed by atoms with van der Waals surface area (Å²) >= 11 is 0. The molecule has 0 atom stereocenters. The van der Waals surface area contributed by atoms with E-state index in [4.69, 9.17) is 9.47 Å². The maximum atomic E-state index is 13.0. The molecule has 0 aliphatic carbocycles. The molecular formula is C35H54N6O3. The molecule has 0 bridgehead atoms. The van der Waals surface area contributed by atoms with Gasteiger partial charge in [0, 0.05) is 61.5 Å². The third kappa shape index (κ3) is 9.79. The third-order valence-corrected chi connectivity index (χ3v) is 8.08. The predicted octanol–water partition coefficient (Wildman–Crippen LogP) is 7.04. The van der Waals surface area contributed by atoms with E-state index >= 15 is 0 Å². The Balaban J connectivity index is 0.00000127. The number of anilines is 2. The Kier molecular flexibility index (Phi) is 15.2. The Bertz CT molecular complexity index is 1240. The Morgan fingerprint density at radius 1 is 0.955 bits per heavy atom. The van der Waals surface area contributed by atoms with Crippen molar-refractivity contribution in [2.45, 2.75) is 66.7 Å². The first kappa shape index (κ1) is 35.1. The van der Waals surface area contributed by atoms with Gasteiger partial charge < -0.3 is 29.5 Å². The van der Waals surface area contributed by atoms with Gasteiger partial charge in [-0.1, -0.05) is 41.5 Å². The highest BCUT2D eigenvalue weighted by Gasteiger charge is 2.26. The fourth-order valence-corrected chi connectivity index (χ4v) is 5.63. The van der Waals surface area contributed by atoms with Crippen LogP contribution in [0.4, 0.5) is 16.2 Å². The number of hydrogen-bond donors (Lipinski definition) is 1. The number of amides is 2. The molecule has 3 heterocycles. The Hall–Kier alpha value is -3.43. The number of likely N-dealkylation sites (tertiary alicyclic amines) is 1. The second kappa shape index (κ2) is 19.1. The summed E-state index contributed by atoms with van der Waals surface area (Å²) in [6.45, 7) is 21.0. The predicted molar refractivity (Wildman–Crippen MR) is 182 cm³/mol. The van der Waals surface area contributed by atoms with E-state index in [1.807, 2.05) is 56.9 Å². The van der Waals surface area contributed by atoms with Gasteiger partial charge in [-0.15, -0.1) is 0 Å². The van der Waals surface area contributed by atoms with Crippen molar-refractivity contribution in [2.24, 2.45) is 0 Å². The van der Waals surface area contributed by atoms with Gasteiger partial charge >= 0.3 is 6.03 Å². The third-order valence-electron chi connectivity index (χ3n) is 8.08. The first-order valence-corrected chi connectivity index (χ1v) is 16.7. The number of rotatable bonds is 10. The number of morpholine rings is 1. The molecule has 1 aromatic heterocycles. The molecule has 2 saturated heterocycles. The number of hydrogen-bond acceptors (Lipinski definition) is 7. The molecule has 5 rings (SSSR count). The monoisotopic (exact) mass is 606 g/mol. The van der Waals surface area contributed by atoms with Crippen LogP contribution in [0.1, 0.15) is 72.4 Å². The van der Waals surface area contributed by atoms with Gasteiger partial charge in [-0.25, -0.2) is 14.8 Å². The summed E-state index contributed by atoms with van der Waals surface area (Å²) in [5.74, 6) is 1.14. The molecule has 0 unspecified atom stereocenters. The fraction of sp³-hybridized carbons (Fsp3) is 0.571. The van der Waals surface area contributed by atoms with Crippen LogP contribution in [0.3, 0.4) is 0 Å². The Morgan fingerprint density at radius 3 is 2.30 bits per heavy atom. The summed E-state index contributed by atoms with van der Waals surface area (Å²) in [6.07, 6.45) is 4.40. The van der Waals surface area contributed by atoms with Crippen molar-refractivity contribution >= 4 is 28.3 Å². The van der Waals surface area contributed by atoms with Crippen LogP contribution in [0.25, 0.3) is 10.9 Å². The van der Waals surface area contributed by atoms with Crippen LogP contribution in [-0.4, -0.2) is 91.4 Å². The number of carbonyl (C=O) groups is 1. The highest BCUT2D eigenvalue weighted by atomic mass is 16.5. The molecule has 9 nitrogen and oxygen atoms in total. The minimum Gasteiger partial charge on any atom is -0.493 e. The van der Waals surface area contributed by atoms with Gasteiger partial charge in [0.15, 0.2) is 0 Å². The maximum Gasteiger partial charge on any atom is 0.321 e. The van der Waals surface area contributed by atoms with E-state index in [-0.39, 0.29) is 6.03 Å². The van der Waals surface area contributed by atoms with Gasteiger partial charge in [0.2, 0.25) is 0 Å². The number of aromatic nitrogens is 2. The molecule has 9 heteroatoms. The van der Waals surface area contributed by atoms with Crippen molar-refractivity contribution in [3.63, 3.8) is 0 Å². The summed E-state index contributed by atoms with van der Waals surface area (Å²) in [4.78, 5) is 28.8. The number of piperidine rings is 1. The second-order valence-corrected chi connectivity index (χ2v) is 10.5. The van der Waals surface area contributed by atoms with Crippen molar-refractivity contribution in [3.8, 4) is 5.75 Å². The lowest BCUT2D eigenvalue weighted by Gasteiger charge is -2.32. The molecule has 0 spiro atoms. The molecular weight excluding hydrogens is 552 g/mol. The molecule has 2 aliphatic heterocycles. The fourth-order valence-electron chi connectivity index (χ4n) is 5.63. The molecule has 0 radical (unpaired) electrons. The number of ether oxygens (including phenoxy) is 2. The zero-order valence-electron chi connectivity index (χ0n) is 27.8. The standard InChI is InChI=1S/C31H42N6O3.2C2H6/c1-3-35(4-2)14-5-19-40-27-10-11-28-29(22-27)32-23-33-30(28)24-12-15-37(16-13-24)31(38)34-25-6-8-26(9-7-25)36-17-20-39-21-18-36;2*1-2/h6-11,22-24H,3-5,12-21H2,1-2H3,(H,34,38);2*1-2H3. The van der Waals surface area contributed by atoms with Crippen LogP contribution in [0.5, 0.6) is 5.75 Å². The number of urea groups is 1. The van der Waals surface area contributed by atoms with E-state index in [2.05, 4.69) is 57.1 Å². The lowest BCUT2D eigenvalue weighted by Crippen LogP contribution is -2.40. The summed E-state index contributed by atoms with van der Waals surface area (Å²) in [5.41, 5.74) is 3.95. The first-order valence-electron chi connectivity index (χ1n) is 16.7. The summed E-state index contributed by atoms with van der Waals surface area (Å²) in [7, 11) is 0. The van der Waals surface area contributed by atoms with Gasteiger partial charge in [0.1, 0.15) is 12.1 Å². The molecule has 3 aromatic rings. The minimum absolute atomic E-state index is 0.0482. The lowest BCUT2D eigenvalue weighted by atomic mass is 9.91. The molecule has 2 aliphatic rings. The maximum absolute atomic E-state index is 13.0. The number of carbonyl (C=O) groups excluding carboxylic acids is 1. The average Bonchev–Trinajstić information content (AvgIpc) is 3.10. The summed E-state index contributed by atoms with van der Waals surface area (Å²) in [5, 5.41) is 4.14. The molecule has 2 fully saturated rings. The molecule has 2 aromatic carbocycles. The summed E-state index contributed by atoms with van der Waals surface area (Å²) < 4.78 is 11.5. The van der Waals surface area contributed by atoms with Gasteiger partial charge in [0.05, 0.1) is 31.0 Å². The van der Waals surface area contributed by atoms with Crippen LogP contribution in [0, 0.1) is 0 Å². The Labute approximate surface area is 264 Å². The van der Waals surface area contributed by atoms with E-state index in [0.717, 1.165) is 98.9 Å². The lowest BCUT2D eigenvalue weighted by molar-refractivity contribution is 0.122. The van der Waals surface area contributed by atoms with Crippen molar-refractivity contribution in [1.29, 1.82) is 0 Å². The van der Waals surface area contributed by atoms with Gasteiger partial charge in [-0.2, -0.15) is 0 Å². The smallest absolute Gasteiger partial charge is 0.321 e. The molecule has 242 valence electrons. The normalized spacial score (nSPS) is 15.2. The summed E-state index contributed by atoms with van der Waals surface area (Å²) in [6, 6.07) is 14.2.